The van der Waals surface area contributed by atoms with Crippen molar-refractivity contribution >= 4 is 5.91 Å². The van der Waals surface area contributed by atoms with Gasteiger partial charge in [-0.15, -0.1) is 0 Å². The maximum absolute atomic E-state index is 12.1. The summed E-state index contributed by atoms with van der Waals surface area (Å²) in [6.45, 7) is 4.34. The van der Waals surface area contributed by atoms with Crippen molar-refractivity contribution in [2.24, 2.45) is 5.92 Å². The Morgan fingerprint density at radius 2 is 1.94 bits per heavy atom. The van der Waals surface area contributed by atoms with Gasteiger partial charge < -0.3 is 10.0 Å². The number of hydrogen-bond acceptors (Lipinski definition) is 2. The van der Waals surface area contributed by atoms with Crippen molar-refractivity contribution in [2.45, 2.75) is 64.0 Å². The van der Waals surface area contributed by atoms with Gasteiger partial charge in [-0.1, -0.05) is 19.3 Å². The second-order valence-electron chi connectivity index (χ2n) is 5.79. The van der Waals surface area contributed by atoms with Gasteiger partial charge in [-0.25, -0.2) is 0 Å². The molecule has 1 aliphatic heterocycles. The highest BCUT2D eigenvalue weighted by molar-refractivity contribution is 5.80. The lowest BCUT2D eigenvalue weighted by Crippen LogP contribution is -2.51. The van der Waals surface area contributed by atoms with Crippen LogP contribution in [0.2, 0.25) is 0 Å². The van der Waals surface area contributed by atoms with E-state index >= 15 is 0 Å². The SMILES string of the molecule is CC1(C)C(CO)CC(=O)N1C1CCCCC1. The van der Waals surface area contributed by atoms with Gasteiger partial charge >= 0.3 is 0 Å². The van der Waals surface area contributed by atoms with Crippen LogP contribution in [-0.2, 0) is 4.79 Å². The van der Waals surface area contributed by atoms with Crippen LogP contribution in [0.3, 0.4) is 0 Å². The Bertz CT molecular complexity index is 269. The summed E-state index contributed by atoms with van der Waals surface area (Å²) < 4.78 is 0. The Kier molecular flexibility index (Phi) is 3.24. The van der Waals surface area contributed by atoms with Gasteiger partial charge in [-0.2, -0.15) is 0 Å². The smallest absolute Gasteiger partial charge is 0.223 e. The van der Waals surface area contributed by atoms with Crippen LogP contribution >= 0.6 is 0 Å². The van der Waals surface area contributed by atoms with E-state index in [1.807, 2.05) is 0 Å². The Labute approximate surface area is 97.8 Å². The lowest BCUT2D eigenvalue weighted by atomic mass is 9.86. The maximum atomic E-state index is 12.1. The van der Waals surface area contributed by atoms with Crippen LogP contribution in [0.15, 0.2) is 0 Å². The van der Waals surface area contributed by atoms with E-state index in [4.69, 9.17) is 0 Å². The summed E-state index contributed by atoms with van der Waals surface area (Å²) in [4.78, 5) is 14.1. The average molecular weight is 225 g/mol. The highest BCUT2D eigenvalue weighted by Gasteiger charge is 2.48. The molecular formula is C13H23NO2. The van der Waals surface area contributed by atoms with Gasteiger partial charge in [-0.3, -0.25) is 4.79 Å². The van der Waals surface area contributed by atoms with Crippen molar-refractivity contribution in [3.8, 4) is 0 Å². The standard InChI is InChI=1S/C13H23NO2/c1-13(2)10(9-15)8-12(16)14(13)11-6-4-3-5-7-11/h10-11,15H,3-9H2,1-2H3. The minimum atomic E-state index is -0.159. The molecule has 0 spiro atoms. The average Bonchev–Trinajstić information content (AvgIpc) is 2.49. The van der Waals surface area contributed by atoms with E-state index < -0.39 is 0 Å². The highest BCUT2D eigenvalue weighted by Crippen LogP contribution is 2.39. The van der Waals surface area contributed by atoms with E-state index in [9.17, 15) is 9.90 Å². The molecule has 92 valence electrons. The molecule has 1 N–H and O–H groups in total. The summed E-state index contributed by atoms with van der Waals surface area (Å²) in [5, 5.41) is 9.36. The summed E-state index contributed by atoms with van der Waals surface area (Å²) in [5.74, 6) is 0.359. The van der Waals surface area contributed by atoms with Crippen LogP contribution in [0.4, 0.5) is 0 Å². The zero-order valence-corrected chi connectivity index (χ0v) is 10.4. The quantitative estimate of drug-likeness (QED) is 0.780. The first-order chi connectivity index (χ1) is 7.57. The van der Waals surface area contributed by atoms with E-state index in [0.717, 1.165) is 12.8 Å². The topological polar surface area (TPSA) is 40.5 Å². The van der Waals surface area contributed by atoms with Crippen molar-refractivity contribution in [2.75, 3.05) is 6.61 Å². The highest BCUT2D eigenvalue weighted by atomic mass is 16.3. The van der Waals surface area contributed by atoms with Crippen LogP contribution < -0.4 is 0 Å². The number of rotatable bonds is 2. The van der Waals surface area contributed by atoms with Gasteiger partial charge in [-0.05, 0) is 26.7 Å². The largest absolute Gasteiger partial charge is 0.396 e. The van der Waals surface area contributed by atoms with Gasteiger partial charge in [0.05, 0.1) is 0 Å². The molecule has 0 aromatic rings. The zero-order chi connectivity index (χ0) is 11.8. The molecule has 2 rings (SSSR count). The number of carbonyl (C=O) groups is 1. The van der Waals surface area contributed by atoms with Gasteiger partial charge in [0.15, 0.2) is 0 Å². The van der Waals surface area contributed by atoms with E-state index in [0.29, 0.717) is 12.5 Å². The molecule has 0 bridgehead atoms. The van der Waals surface area contributed by atoms with E-state index in [-0.39, 0.29) is 24.0 Å². The monoisotopic (exact) mass is 225 g/mol. The lowest BCUT2D eigenvalue weighted by molar-refractivity contribution is -0.134. The molecule has 1 atom stereocenters. The minimum absolute atomic E-state index is 0.113. The molecule has 2 fully saturated rings. The number of hydrogen-bond donors (Lipinski definition) is 1. The summed E-state index contributed by atoms with van der Waals surface area (Å²) in [6, 6.07) is 0.424. The molecule has 3 heteroatoms. The number of aliphatic hydroxyl groups excluding tert-OH is 1. The molecule has 1 unspecified atom stereocenters. The predicted octanol–water partition coefficient (Wildman–Crippen LogP) is 1.94. The summed E-state index contributed by atoms with van der Waals surface area (Å²) in [6.07, 6.45) is 6.62. The Morgan fingerprint density at radius 1 is 1.31 bits per heavy atom. The molecule has 2 aliphatic rings. The van der Waals surface area contributed by atoms with Crippen LogP contribution in [0, 0.1) is 5.92 Å². The molecule has 1 amide bonds. The van der Waals surface area contributed by atoms with Gasteiger partial charge in [0.1, 0.15) is 0 Å². The number of aliphatic hydroxyl groups is 1. The van der Waals surface area contributed by atoms with Crippen molar-refractivity contribution in [3.05, 3.63) is 0 Å². The van der Waals surface area contributed by atoms with Crippen molar-refractivity contribution < 1.29 is 9.90 Å². The van der Waals surface area contributed by atoms with Gasteiger partial charge in [0, 0.05) is 30.5 Å². The fourth-order valence-electron chi connectivity index (χ4n) is 3.38. The molecular weight excluding hydrogens is 202 g/mol. The Hall–Kier alpha value is -0.570. The molecule has 0 radical (unpaired) electrons. The summed E-state index contributed by atoms with van der Waals surface area (Å²) >= 11 is 0. The molecule has 1 heterocycles. The Balaban J connectivity index is 2.15. The van der Waals surface area contributed by atoms with Crippen LogP contribution in [0.1, 0.15) is 52.4 Å². The maximum Gasteiger partial charge on any atom is 0.223 e. The second-order valence-corrected chi connectivity index (χ2v) is 5.79. The predicted molar refractivity (Wildman–Crippen MR) is 63.0 cm³/mol. The van der Waals surface area contributed by atoms with Crippen molar-refractivity contribution in [1.82, 2.24) is 4.90 Å². The third-order valence-electron chi connectivity index (χ3n) is 4.47. The zero-order valence-electron chi connectivity index (χ0n) is 10.4. The first kappa shape index (κ1) is 11.9. The number of carbonyl (C=O) groups excluding carboxylic acids is 1. The second kappa shape index (κ2) is 4.36. The minimum Gasteiger partial charge on any atom is -0.396 e. The number of amides is 1. The Morgan fingerprint density at radius 3 is 2.44 bits per heavy atom. The van der Waals surface area contributed by atoms with Crippen molar-refractivity contribution in [3.63, 3.8) is 0 Å². The van der Waals surface area contributed by atoms with Gasteiger partial charge in [0.2, 0.25) is 5.91 Å². The first-order valence-electron chi connectivity index (χ1n) is 6.50. The molecule has 0 aromatic heterocycles. The fourth-order valence-corrected chi connectivity index (χ4v) is 3.38. The van der Waals surface area contributed by atoms with Crippen LogP contribution in [0.5, 0.6) is 0 Å². The van der Waals surface area contributed by atoms with Crippen LogP contribution in [-0.4, -0.2) is 34.1 Å². The van der Waals surface area contributed by atoms with Gasteiger partial charge in [0.25, 0.3) is 0 Å². The molecule has 1 aliphatic carbocycles. The molecule has 3 nitrogen and oxygen atoms in total. The van der Waals surface area contributed by atoms with E-state index in [1.165, 1.54) is 19.3 Å². The third-order valence-corrected chi connectivity index (χ3v) is 4.47. The molecule has 1 saturated carbocycles. The van der Waals surface area contributed by atoms with E-state index in [1.54, 1.807) is 0 Å². The molecule has 1 saturated heterocycles. The van der Waals surface area contributed by atoms with Crippen LogP contribution in [0.25, 0.3) is 0 Å². The summed E-state index contributed by atoms with van der Waals surface area (Å²) in [7, 11) is 0. The summed E-state index contributed by atoms with van der Waals surface area (Å²) in [5.41, 5.74) is -0.159. The number of nitrogens with zero attached hydrogens (tertiary/aromatic N) is 1. The normalized spacial score (nSPS) is 31.1. The molecule has 16 heavy (non-hydrogen) atoms. The third kappa shape index (κ3) is 1.86. The van der Waals surface area contributed by atoms with E-state index in [2.05, 4.69) is 18.7 Å². The fraction of sp³-hybridized carbons (Fsp3) is 0.923. The lowest BCUT2D eigenvalue weighted by Gasteiger charge is -2.42. The first-order valence-corrected chi connectivity index (χ1v) is 6.50. The van der Waals surface area contributed by atoms with Crippen molar-refractivity contribution in [1.29, 1.82) is 0 Å². The molecule has 0 aromatic carbocycles. The number of likely N-dealkylation sites (tertiary alicyclic amines) is 1.